The molecular weight excluding hydrogens is 475 g/mol. The fourth-order valence-electron chi connectivity index (χ4n) is 5.53. The fourth-order valence-corrected chi connectivity index (χ4v) is 5.53. The van der Waals surface area contributed by atoms with Crippen molar-refractivity contribution < 1.29 is 23.1 Å². The minimum atomic E-state index is -4.56. The number of carbonyl (C=O) groups is 1. The molecule has 5 heterocycles. The highest BCUT2D eigenvalue weighted by Gasteiger charge is 2.55. The van der Waals surface area contributed by atoms with E-state index >= 15 is 0 Å². The van der Waals surface area contributed by atoms with Crippen molar-refractivity contribution in [3.8, 4) is 11.1 Å². The maximum absolute atomic E-state index is 13.4. The molecule has 0 aliphatic carbocycles. The van der Waals surface area contributed by atoms with E-state index in [0.29, 0.717) is 11.3 Å². The molecule has 3 aromatic rings. The number of aliphatic hydroxyl groups excluding tert-OH is 1. The molecule has 8 nitrogen and oxygen atoms in total. The Morgan fingerprint density at radius 1 is 1.06 bits per heavy atom. The number of hydrogen-bond donors (Lipinski definition) is 2. The molecule has 2 aliphatic heterocycles. The third kappa shape index (κ3) is 4.40. The monoisotopic (exact) mass is 499 g/mol. The molecule has 2 aliphatic rings. The number of likely N-dealkylation sites (tertiary alicyclic amines) is 1. The summed E-state index contributed by atoms with van der Waals surface area (Å²) in [6.07, 6.45) is 1.84. The van der Waals surface area contributed by atoms with Gasteiger partial charge in [0.2, 0.25) is 5.91 Å². The molecular formula is C25H24F3N5O3. The van der Waals surface area contributed by atoms with Gasteiger partial charge in [0.15, 0.2) is 0 Å². The van der Waals surface area contributed by atoms with Gasteiger partial charge < -0.3 is 15.0 Å². The average Bonchev–Trinajstić information content (AvgIpc) is 3.39. The average molecular weight is 499 g/mol. The van der Waals surface area contributed by atoms with Gasteiger partial charge in [-0.1, -0.05) is 0 Å². The van der Waals surface area contributed by atoms with E-state index in [1.54, 1.807) is 64.6 Å². The molecule has 5 rings (SSSR count). The molecule has 36 heavy (non-hydrogen) atoms. The van der Waals surface area contributed by atoms with Gasteiger partial charge >= 0.3 is 6.18 Å². The first-order valence-corrected chi connectivity index (χ1v) is 11.5. The Morgan fingerprint density at radius 2 is 1.72 bits per heavy atom. The van der Waals surface area contributed by atoms with Crippen molar-refractivity contribution >= 4 is 5.91 Å². The number of alkyl halides is 3. The van der Waals surface area contributed by atoms with Crippen molar-refractivity contribution in [1.29, 1.82) is 0 Å². The Hall–Kier alpha value is -3.57. The maximum Gasteiger partial charge on any atom is 0.405 e. The van der Waals surface area contributed by atoms with Crippen LogP contribution in [-0.4, -0.2) is 55.8 Å². The van der Waals surface area contributed by atoms with Gasteiger partial charge in [0.1, 0.15) is 6.54 Å². The van der Waals surface area contributed by atoms with Gasteiger partial charge in [-0.3, -0.25) is 24.5 Å². The number of aliphatic hydroxyl groups is 1. The highest BCUT2D eigenvalue weighted by atomic mass is 19.4. The van der Waals surface area contributed by atoms with Crippen LogP contribution in [0.15, 0.2) is 66.0 Å². The number of amides is 1. The molecule has 0 unspecified atom stereocenters. The number of rotatable bonds is 6. The largest absolute Gasteiger partial charge is 0.405 e. The molecule has 0 radical (unpaired) electrons. The molecule has 0 bridgehead atoms. The van der Waals surface area contributed by atoms with Crippen molar-refractivity contribution in [2.75, 3.05) is 13.2 Å². The van der Waals surface area contributed by atoms with Gasteiger partial charge in [-0.15, -0.1) is 0 Å². The van der Waals surface area contributed by atoms with Gasteiger partial charge in [0, 0.05) is 67.6 Å². The normalized spacial score (nSPS) is 23.3. The van der Waals surface area contributed by atoms with E-state index < -0.39 is 43.2 Å². The lowest BCUT2D eigenvalue weighted by molar-refractivity contribution is -0.142. The summed E-state index contributed by atoms with van der Waals surface area (Å²) in [4.78, 5) is 36.3. The highest BCUT2D eigenvalue weighted by molar-refractivity contribution is 5.83. The van der Waals surface area contributed by atoms with Gasteiger partial charge in [-0.05, 0) is 47.5 Å². The van der Waals surface area contributed by atoms with Gasteiger partial charge in [0.25, 0.3) is 5.56 Å². The standard InChI is InChI=1S/C25H24F3N5O3/c26-25(27,28)14-31-23(35)22-19(13-34)18-12-32-20(21(18)33(22)11-15-3-7-29-8-4-15)2-1-17(24(32)36)16-5-9-30-10-6-16/h1-10,18-19,21-22,34H,11-14H2,(H,31,35)/t18-,19-,21+,22-/m1/s1. The third-order valence-corrected chi connectivity index (χ3v) is 7.03. The van der Waals surface area contributed by atoms with E-state index in [4.69, 9.17) is 0 Å². The minimum Gasteiger partial charge on any atom is -0.396 e. The van der Waals surface area contributed by atoms with Gasteiger partial charge in [-0.25, -0.2) is 0 Å². The molecule has 0 saturated carbocycles. The summed E-state index contributed by atoms with van der Waals surface area (Å²) < 4.78 is 40.2. The summed E-state index contributed by atoms with van der Waals surface area (Å²) in [6.45, 7) is -1.37. The molecule has 11 heteroatoms. The molecule has 2 N–H and O–H groups in total. The van der Waals surface area contributed by atoms with Crippen LogP contribution in [0.3, 0.4) is 0 Å². The highest BCUT2D eigenvalue weighted by Crippen LogP contribution is 2.50. The number of hydrogen-bond acceptors (Lipinski definition) is 6. The fraction of sp³-hybridized carbons (Fsp3) is 0.360. The molecule has 4 atom stereocenters. The Balaban J connectivity index is 1.55. The molecule has 0 spiro atoms. The van der Waals surface area contributed by atoms with E-state index in [9.17, 15) is 27.9 Å². The van der Waals surface area contributed by atoms with Crippen LogP contribution in [0.4, 0.5) is 13.2 Å². The lowest BCUT2D eigenvalue weighted by Gasteiger charge is -2.31. The van der Waals surface area contributed by atoms with Crippen LogP contribution in [0.25, 0.3) is 11.1 Å². The first-order valence-electron chi connectivity index (χ1n) is 11.5. The second-order valence-corrected chi connectivity index (χ2v) is 9.08. The van der Waals surface area contributed by atoms with Crippen LogP contribution in [0.2, 0.25) is 0 Å². The third-order valence-electron chi connectivity index (χ3n) is 7.03. The Labute approximate surface area is 204 Å². The van der Waals surface area contributed by atoms with Crippen LogP contribution >= 0.6 is 0 Å². The van der Waals surface area contributed by atoms with Gasteiger partial charge in [0.05, 0.1) is 12.1 Å². The molecule has 1 amide bonds. The number of nitrogens with zero attached hydrogens (tertiary/aromatic N) is 4. The second-order valence-electron chi connectivity index (χ2n) is 9.08. The van der Waals surface area contributed by atoms with Crippen molar-refractivity contribution in [2.24, 2.45) is 11.8 Å². The summed E-state index contributed by atoms with van der Waals surface area (Å²) in [6, 6.07) is 9.13. The molecule has 188 valence electrons. The number of pyridine rings is 3. The number of aromatic nitrogens is 3. The first kappa shape index (κ1) is 24.1. The van der Waals surface area contributed by atoms with E-state index in [2.05, 4.69) is 9.97 Å². The molecule has 1 saturated heterocycles. The van der Waals surface area contributed by atoms with Crippen molar-refractivity contribution in [3.05, 3.63) is 82.8 Å². The predicted molar refractivity (Wildman–Crippen MR) is 123 cm³/mol. The lowest BCUT2D eigenvalue weighted by Crippen LogP contribution is -2.49. The summed E-state index contributed by atoms with van der Waals surface area (Å²) in [5, 5.41) is 12.3. The second kappa shape index (κ2) is 9.47. The van der Waals surface area contributed by atoms with Crippen LogP contribution < -0.4 is 10.9 Å². The topological polar surface area (TPSA) is 100 Å². The van der Waals surface area contributed by atoms with Gasteiger partial charge in [-0.2, -0.15) is 13.2 Å². The van der Waals surface area contributed by atoms with Crippen LogP contribution in [-0.2, 0) is 17.9 Å². The Bertz CT molecular complexity index is 1300. The van der Waals surface area contributed by atoms with Crippen molar-refractivity contribution in [2.45, 2.75) is 31.3 Å². The smallest absolute Gasteiger partial charge is 0.396 e. The molecule has 3 aromatic heterocycles. The van der Waals surface area contributed by atoms with Crippen molar-refractivity contribution in [1.82, 2.24) is 24.8 Å². The van der Waals surface area contributed by atoms with Crippen LogP contribution in [0, 0.1) is 11.8 Å². The van der Waals surface area contributed by atoms with E-state index in [0.717, 1.165) is 11.1 Å². The van der Waals surface area contributed by atoms with E-state index in [1.165, 1.54) is 0 Å². The quantitative estimate of drug-likeness (QED) is 0.539. The Morgan fingerprint density at radius 3 is 2.36 bits per heavy atom. The number of nitrogens with one attached hydrogen (secondary N) is 1. The zero-order valence-electron chi connectivity index (χ0n) is 19.1. The maximum atomic E-state index is 13.4. The van der Waals surface area contributed by atoms with Crippen LogP contribution in [0.1, 0.15) is 17.3 Å². The SMILES string of the molecule is O=C(NCC(F)(F)F)[C@H]1[C@H](CO)[C@H]2Cn3c(ccc(-c4ccncc4)c3=O)[C@H]2N1Cc1ccncc1. The first-order chi connectivity index (χ1) is 17.3. The van der Waals surface area contributed by atoms with Crippen molar-refractivity contribution in [3.63, 3.8) is 0 Å². The number of carbonyl (C=O) groups excluding carboxylic acids is 1. The summed E-state index contributed by atoms with van der Waals surface area (Å²) in [5.74, 6) is -1.79. The zero-order valence-corrected chi connectivity index (χ0v) is 19.1. The zero-order chi connectivity index (χ0) is 25.4. The summed E-state index contributed by atoms with van der Waals surface area (Å²) >= 11 is 0. The number of fused-ring (bicyclic) bond motifs is 3. The number of halogens is 3. The van der Waals surface area contributed by atoms with Crippen LogP contribution in [0.5, 0.6) is 0 Å². The Kier molecular flexibility index (Phi) is 6.35. The molecule has 0 aromatic carbocycles. The summed E-state index contributed by atoms with van der Waals surface area (Å²) in [5.41, 5.74) is 2.50. The minimum absolute atomic E-state index is 0.202. The predicted octanol–water partition coefficient (Wildman–Crippen LogP) is 2.15. The summed E-state index contributed by atoms with van der Waals surface area (Å²) in [7, 11) is 0. The van der Waals surface area contributed by atoms with E-state index in [-0.39, 0.29) is 24.6 Å². The molecule has 1 fully saturated rings. The lowest BCUT2D eigenvalue weighted by atomic mass is 9.88. The van der Waals surface area contributed by atoms with E-state index in [1.807, 2.05) is 11.4 Å².